The summed E-state index contributed by atoms with van der Waals surface area (Å²) in [6.07, 6.45) is 0.324. The van der Waals surface area contributed by atoms with Crippen molar-refractivity contribution in [2.24, 2.45) is 0 Å². The van der Waals surface area contributed by atoms with Crippen molar-refractivity contribution in [2.75, 3.05) is 7.11 Å². The van der Waals surface area contributed by atoms with Gasteiger partial charge in [0.05, 0.1) is 13.5 Å². The van der Waals surface area contributed by atoms with E-state index in [-0.39, 0.29) is 5.97 Å². The van der Waals surface area contributed by atoms with E-state index < -0.39 is 0 Å². The predicted octanol–water partition coefficient (Wildman–Crippen LogP) is 3.38. The predicted molar refractivity (Wildman–Crippen MR) is 72.3 cm³/mol. The summed E-state index contributed by atoms with van der Waals surface area (Å²) in [5.41, 5.74) is 4.61. The zero-order valence-corrected chi connectivity index (χ0v) is 10.6. The molecule has 92 valence electrons. The van der Waals surface area contributed by atoms with Gasteiger partial charge in [-0.05, 0) is 29.2 Å². The van der Waals surface area contributed by atoms with Crippen molar-refractivity contribution in [3.63, 3.8) is 0 Å². The topological polar surface area (TPSA) is 26.3 Å². The summed E-state index contributed by atoms with van der Waals surface area (Å²) >= 11 is 0. The fourth-order valence-corrected chi connectivity index (χ4v) is 1.94. The Balaban J connectivity index is 2.23. The molecule has 0 aromatic heterocycles. The molecule has 2 aromatic carbocycles. The number of methoxy groups -OCH3 is 1. The molecule has 0 aliphatic heterocycles. The van der Waals surface area contributed by atoms with Crippen molar-refractivity contribution in [3.05, 3.63) is 59.7 Å². The number of carbonyl (C=O) groups excluding carboxylic acids is 1. The smallest absolute Gasteiger partial charge is 0.309 e. The SMILES string of the molecule is COC(=O)Cc1ccc(-c2ccccc2C)cc1. The Morgan fingerprint density at radius 1 is 1.06 bits per heavy atom. The first kappa shape index (κ1) is 12.4. The van der Waals surface area contributed by atoms with Gasteiger partial charge in [-0.25, -0.2) is 0 Å². The molecule has 0 aliphatic rings. The van der Waals surface area contributed by atoms with Crippen LogP contribution in [-0.4, -0.2) is 13.1 Å². The summed E-state index contributed by atoms with van der Waals surface area (Å²) < 4.78 is 4.65. The van der Waals surface area contributed by atoms with Gasteiger partial charge in [-0.2, -0.15) is 0 Å². The van der Waals surface area contributed by atoms with Crippen LogP contribution in [0.3, 0.4) is 0 Å². The molecule has 0 aliphatic carbocycles. The molecule has 0 fully saturated rings. The lowest BCUT2D eigenvalue weighted by atomic mass is 9.99. The number of aryl methyl sites for hydroxylation is 1. The molecule has 0 N–H and O–H groups in total. The molecule has 2 aromatic rings. The number of hydrogen-bond donors (Lipinski definition) is 0. The number of carbonyl (C=O) groups is 1. The first-order valence-electron chi connectivity index (χ1n) is 5.92. The van der Waals surface area contributed by atoms with Crippen LogP contribution in [0.4, 0.5) is 0 Å². The van der Waals surface area contributed by atoms with Gasteiger partial charge in [0.1, 0.15) is 0 Å². The Kier molecular flexibility index (Phi) is 3.78. The van der Waals surface area contributed by atoms with Crippen molar-refractivity contribution >= 4 is 5.97 Å². The summed E-state index contributed by atoms with van der Waals surface area (Å²) in [5.74, 6) is -0.210. The van der Waals surface area contributed by atoms with Crippen LogP contribution >= 0.6 is 0 Å². The minimum atomic E-state index is -0.210. The standard InChI is InChI=1S/C16H16O2/c1-12-5-3-4-6-15(12)14-9-7-13(8-10-14)11-16(17)18-2/h3-10H,11H2,1-2H3. The molecule has 0 atom stereocenters. The van der Waals surface area contributed by atoms with Crippen LogP contribution in [0, 0.1) is 6.92 Å². The largest absolute Gasteiger partial charge is 0.469 e. The Hall–Kier alpha value is -2.09. The molecule has 0 saturated carbocycles. The van der Waals surface area contributed by atoms with Crippen LogP contribution in [-0.2, 0) is 16.0 Å². The van der Waals surface area contributed by atoms with E-state index in [4.69, 9.17) is 0 Å². The van der Waals surface area contributed by atoms with Crippen LogP contribution in [0.2, 0.25) is 0 Å². The minimum Gasteiger partial charge on any atom is -0.469 e. The maximum atomic E-state index is 11.2. The molecule has 0 unspecified atom stereocenters. The fourth-order valence-electron chi connectivity index (χ4n) is 1.94. The summed E-state index contributed by atoms with van der Waals surface area (Å²) in [5, 5.41) is 0. The van der Waals surface area contributed by atoms with Gasteiger partial charge in [-0.15, -0.1) is 0 Å². The molecule has 0 heterocycles. The average Bonchev–Trinajstić information content (AvgIpc) is 2.40. The monoisotopic (exact) mass is 240 g/mol. The third kappa shape index (κ3) is 2.77. The highest BCUT2D eigenvalue weighted by Crippen LogP contribution is 2.23. The van der Waals surface area contributed by atoms with E-state index in [0.29, 0.717) is 6.42 Å². The normalized spacial score (nSPS) is 10.1. The number of hydrogen-bond acceptors (Lipinski definition) is 2. The van der Waals surface area contributed by atoms with Crippen LogP contribution in [0.5, 0.6) is 0 Å². The van der Waals surface area contributed by atoms with E-state index in [2.05, 4.69) is 23.8 Å². The molecule has 18 heavy (non-hydrogen) atoms. The van der Waals surface area contributed by atoms with Crippen LogP contribution in [0.25, 0.3) is 11.1 Å². The summed E-state index contributed by atoms with van der Waals surface area (Å²) in [6, 6.07) is 16.3. The van der Waals surface area contributed by atoms with E-state index in [0.717, 1.165) is 5.56 Å². The first-order chi connectivity index (χ1) is 8.70. The molecule has 0 spiro atoms. The van der Waals surface area contributed by atoms with Gasteiger partial charge in [0, 0.05) is 0 Å². The lowest BCUT2D eigenvalue weighted by molar-refractivity contribution is -0.139. The van der Waals surface area contributed by atoms with Gasteiger partial charge in [0.25, 0.3) is 0 Å². The molecule has 0 saturated heterocycles. The number of esters is 1. The molecule has 2 rings (SSSR count). The van der Waals surface area contributed by atoms with Gasteiger partial charge in [-0.1, -0.05) is 48.5 Å². The molecule has 0 amide bonds. The van der Waals surface area contributed by atoms with Crippen LogP contribution < -0.4 is 0 Å². The zero-order chi connectivity index (χ0) is 13.0. The minimum absolute atomic E-state index is 0.210. The molecular weight excluding hydrogens is 224 g/mol. The third-order valence-electron chi connectivity index (χ3n) is 2.99. The van der Waals surface area contributed by atoms with Crippen molar-refractivity contribution in [1.29, 1.82) is 0 Å². The second-order valence-electron chi connectivity index (χ2n) is 4.26. The Labute approximate surface area is 107 Å². The molecule has 0 radical (unpaired) electrons. The fraction of sp³-hybridized carbons (Fsp3) is 0.188. The van der Waals surface area contributed by atoms with E-state index >= 15 is 0 Å². The van der Waals surface area contributed by atoms with E-state index in [1.54, 1.807) is 0 Å². The highest BCUT2D eigenvalue weighted by molar-refractivity contribution is 5.73. The van der Waals surface area contributed by atoms with Gasteiger partial charge >= 0.3 is 5.97 Å². The van der Waals surface area contributed by atoms with Gasteiger partial charge in [0.2, 0.25) is 0 Å². The molecule has 2 heteroatoms. The molecule has 0 bridgehead atoms. The molecule has 2 nitrogen and oxygen atoms in total. The Morgan fingerprint density at radius 3 is 2.33 bits per heavy atom. The van der Waals surface area contributed by atoms with E-state index in [1.807, 2.05) is 36.4 Å². The lowest BCUT2D eigenvalue weighted by Gasteiger charge is -2.06. The van der Waals surface area contributed by atoms with Crippen molar-refractivity contribution in [3.8, 4) is 11.1 Å². The van der Waals surface area contributed by atoms with E-state index in [1.165, 1.54) is 23.8 Å². The Morgan fingerprint density at radius 2 is 1.72 bits per heavy atom. The summed E-state index contributed by atoms with van der Waals surface area (Å²) in [4.78, 5) is 11.2. The maximum absolute atomic E-state index is 11.2. The number of benzene rings is 2. The Bertz CT molecular complexity index is 541. The van der Waals surface area contributed by atoms with E-state index in [9.17, 15) is 4.79 Å². The number of ether oxygens (including phenoxy) is 1. The quantitative estimate of drug-likeness (QED) is 0.769. The highest BCUT2D eigenvalue weighted by Gasteiger charge is 2.04. The number of rotatable bonds is 3. The highest BCUT2D eigenvalue weighted by atomic mass is 16.5. The second-order valence-corrected chi connectivity index (χ2v) is 4.26. The lowest BCUT2D eigenvalue weighted by Crippen LogP contribution is -2.04. The summed E-state index contributed by atoms with van der Waals surface area (Å²) in [7, 11) is 1.41. The van der Waals surface area contributed by atoms with Crippen molar-refractivity contribution in [2.45, 2.75) is 13.3 Å². The van der Waals surface area contributed by atoms with Crippen LogP contribution in [0.15, 0.2) is 48.5 Å². The van der Waals surface area contributed by atoms with Gasteiger partial charge < -0.3 is 4.74 Å². The van der Waals surface area contributed by atoms with Crippen molar-refractivity contribution in [1.82, 2.24) is 0 Å². The van der Waals surface area contributed by atoms with Crippen molar-refractivity contribution < 1.29 is 9.53 Å². The maximum Gasteiger partial charge on any atom is 0.309 e. The second kappa shape index (κ2) is 5.50. The third-order valence-corrected chi connectivity index (χ3v) is 2.99. The van der Waals surface area contributed by atoms with Gasteiger partial charge in [0.15, 0.2) is 0 Å². The summed E-state index contributed by atoms with van der Waals surface area (Å²) in [6.45, 7) is 2.09. The average molecular weight is 240 g/mol. The first-order valence-corrected chi connectivity index (χ1v) is 5.92. The molecular formula is C16H16O2. The van der Waals surface area contributed by atoms with Crippen LogP contribution in [0.1, 0.15) is 11.1 Å². The van der Waals surface area contributed by atoms with Gasteiger partial charge in [-0.3, -0.25) is 4.79 Å². The zero-order valence-electron chi connectivity index (χ0n) is 10.6.